The van der Waals surface area contributed by atoms with Crippen LogP contribution in [-0.4, -0.2) is 27.6 Å². The first-order valence-electron chi connectivity index (χ1n) is 5.76. The summed E-state index contributed by atoms with van der Waals surface area (Å²) < 4.78 is 0. The Balaban J connectivity index is 2.48. The van der Waals surface area contributed by atoms with Crippen LogP contribution in [0.3, 0.4) is 0 Å². The maximum absolute atomic E-state index is 10.6. The molecular formula is C12H19N3O2. The van der Waals surface area contributed by atoms with E-state index in [1.807, 2.05) is 0 Å². The lowest BCUT2D eigenvalue weighted by molar-refractivity contribution is -0.140. The number of carbonyl (C=O) groups is 1. The second kappa shape index (κ2) is 6.18. The summed E-state index contributed by atoms with van der Waals surface area (Å²) in [7, 11) is 0. The summed E-state index contributed by atoms with van der Waals surface area (Å²) in [4.78, 5) is 18.9. The Morgan fingerprint density at radius 3 is 2.41 bits per heavy atom. The van der Waals surface area contributed by atoms with Gasteiger partial charge in [-0.15, -0.1) is 0 Å². The minimum atomic E-state index is -0.825. The molecule has 1 unspecified atom stereocenters. The maximum Gasteiger partial charge on any atom is 0.308 e. The second-order valence-electron chi connectivity index (χ2n) is 4.63. The minimum absolute atomic E-state index is 0.332. The van der Waals surface area contributed by atoms with E-state index in [2.05, 4.69) is 29.1 Å². The third-order valence-corrected chi connectivity index (χ3v) is 2.34. The highest BCUT2D eigenvalue weighted by Crippen LogP contribution is 2.07. The van der Waals surface area contributed by atoms with Crippen molar-refractivity contribution in [1.29, 1.82) is 0 Å². The van der Waals surface area contributed by atoms with Crippen molar-refractivity contribution in [2.45, 2.75) is 27.2 Å². The first-order valence-corrected chi connectivity index (χ1v) is 5.76. The average Bonchev–Trinajstić information content (AvgIpc) is 2.26. The van der Waals surface area contributed by atoms with Gasteiger partial charge in [-0.1, -0.05) is 20.8 Å². The highest BCUT2D eigenvalue weighted by molar-refractivity contribution is 5.70. The van der Waals surface area contributed by atoms with Gasteiger partial charge in [0.15, 0.2) is 0 Å². The Morgan fingerprint density at radius 2 is 1.94 bits per heavy atom. The zero-order chi connectivity index (χ0) is 12.8. The Labute approximate surface area is 101 Å². The van der Waals surface area contributed by atoms with Gasteiger partial charge < -0.3 is 10.4 Å². The van der Waals surface area contributed by atoms with Gasteiger partial charge in [0.05, 0.1) is 5.92 Å². The van der Waals surface area contributed by atoms with Crippen molar-refractivity contribution in [3.8, 4) is 0 Å². The third-order valence-electron chi connectivity index (χ3n) is 2.34. The number of nitrogens with zero attached hydrogens (tertiary/aromatic N) is 2. The molecule has 1 heterocycles. The van der Waals surface area contributed by atoms with E-state index in [1.54, 1.807) is 19.3 Å². The van der Waals surface area contributed by atoms with Gasteiger partial charge in [-0.25, -0.2) is 9.97 Å². The molecule has 0 amide bonds. The fourth-order valence-corrected chi connectivity index (χ4v) is 1.35. The number of rotatable bonds is 6. The standard InChI is InChI=1S/C12H19N3O2/c1-8(2)4-10-6-14-12(15-7-10)13-5-9(3)11(16)17/h6-9H,4-5H2,1-3H3,(H,16,17)(H,13,14,15). The number of carboxylic acids is 1. The fraction of sp³-hybridized carbons (Fsp3) is 0.583. The SMILES string of the molecule is CC(C)Cc1cnc(NCC(C)C(=O)O)nc1. The normalized spacial score (nSPS) is 12.5. The van der Waals surface area contributed by atoms with E-state index >= 15 is 0 Å². The van der Waals surface area contributed by atoms with Crippen LogP contribution in [-0.2, 0) is 11.2 Å². The summed E-state index contributed by atoms with van der Waals surface area (Å²) in [6.07, 6.45) is 4.51. The van der Waals surface area contributed by atoms with E-state index in [1.165, 1.54) is 0 Å². The van der Waals surface area contributed by atoms with Crippen molar-refractivity contribution in [2.24, 2.45) is 11.8 Å². The molecule has 0 saturated carbocycles. The van der Waals surface area contributed by atoms with E-state index in [0.717, 1.165) is 12.0 Å². The molecule has 0 bridgehead atoms. The van der Waals surface area contributed by atoms with Gasteiger partial charge in [0.2, 0.25) is 5.95 Å². The van der Waals surface area contributed by atoms with Crippen LogP contribution in [0.15, 0.2) is 12.4 Å². The molecule has 5 nitrogen and oxygen atoms in total. The number of hydrogen-bond acceptors (Lipinski definition) is 4. The molecule has 1 aromatic heterocycles. The molecule has 0 aliphatic carbocycles. The topological polar surface area (TPSA) is 75.1 Å². The van der Waals surface area contributed by atoms with E-state index in [0.29, 0.717) is 18.4 Å². The van der Waals surface area contributed by atoms with E-state index in [4.69, 9.17) is 5.11 Å². The molecule has 0 aliphatic heterocycles. The smallest absolute Gasteiger partial charge is 0.308 e. The molecule has 94 valence electrons. The van der Waals surface area contributed by atoms with Crippen molar-refractivity contribution < 1.29 is 9.90 Å². The van der Waals surface area contributed by atoms with Gasteiger partial charge in [0.25, 0.3) is 0 Å². The van der Waals surface area contributed by atoms with Gasteiger partial charge in [-0.3, -0.25) is 4.79 Å². The zero-order valence-corrected chi connectivity index (χ0v) is 10.5. The summed E-state index contributed by atoms with van der Waals surface area (Å²) in [5.41, 5.74) is 1.09. The zero-order valence-electron chi connectivity index (χ0n) is 10.5. The number of hydrogen-bond donors (Lipinski definition) is 2. The largest absolute Gasteiger partial charge is 0.481 e. The molecule has 17 heavy (non-hydrogen) atoms. The van der Waals surface area contributed by atoms with Crippen LogP contribution in [0.5, 0.6) is 0 Å². The first kappa shape index (κ1) is 13.4. The van der Waals surface area contributed by atoms with Crippen molar-refractivity contribution in [2.75, 3.05) is 11.9 Å². The van der Waals surface area contributed by atoms with E-state index < -0.39 is 11.9 Å². The molecule has 1 aromatic rings. The molecule has 0 spiro atoms. The lowest BCUT2D eigenvalue weighted by Gasteiger charge is -2.09. The Bertz CT molecular complexity index is 363. The molecule has 0 aliphatic rings. The van der Waals surface area contributed by atoms with Gasteiger partial charge in [-0.2, -0.15) is 0 Å². The molecule has 5 heteroatoms. The van der Waals surface area contributed by atoms with Crippen LogP contribution in [0.4, 0.5) is 5.95 Å². The van der Waals surface area contributed by atoms with Gasteiger partial charge in [0.1, 0.15) is 0 Å². The number of anilines is 1. The monoisotopic (exact) mass is 237 g/mol. The lowest BCUT2D eigenvalue weighted by Crippen LogP contribution is -2.20. The van der Waals surface area contributed by atoms with Crippen LogP contribution in [0.2, 0.25) is 0 Å². The molecule has 0 saturated heterocycles. The Hall–Kier alpha value is -1.65. The first-order chi connectivity index (χ1) is 7.99. The molecule has 2 N–H and O–H groups in total. The number of aromatic nitrogens is 2. The van der Waals surface area contributed by atoms with Crippen molar-refractivity contribution in [3.05, 3.63) is 18.0 Å². The van der Waals surface area contributed by atoms with E-state index in [-0.39, 0.29) is 0 Å². The molecular weight excluding hydrogens is 218 g/mol. The van der Waals surface area contributed by atoms with Gasteiger partial charge in [-0.05, 0) is 17.9 Å². The van der Waals surface area contributed by atoms with Crippen molar-refractivity contribution in [1.82, 2.24) is 9.97 Å². The van der Waals surface area contributed by atoms with E-state index in [9.17, 15) is 4.79 Å². The summed E-state index contributed by atoms with van der Waals surface area (Å²) in [6.45, 7) is 6.25. The Morgan fingerprint density at radius 1 is 1.35 bits per heavy atom. The summed E-state index contributed by atoms with van der Waals surface area (Å²) in [5, 5.41) is 11.6. The van der Waals surface area contributed by atoms with Gasteiger partial charge >= 0.3 is 5.97 Å². The third kappa shape index (κ3) is 4.80. The summed E-state index contributed by atoms with van der Waals surface area (Å²) in [6, 6.07) is 0. The summed E-state index contributed by atoms with van der Waals surface area (Å²) >= 11 is 0. The quantitative estimate of drug-likeness (QED) is 0.789. The number of carboxylic acid groups (broad SMARTS) is 1. The van der Waals surface area contributed by atoms with Crippen LogP contribution >= 0.6 is 0 Å². The fourth-order valence-electron chi connectivity index (χ4n) is 1.35. The lowest BCUT2D eigenvalue weighted by atomic mass is 10.1. The maximum atomic E-state index is 10.6. The molecule has 0 aromatic carbocycles. The molecule has 0 radical (unpaired) electrons. The summed E-state index contributed by atoms with van der Waals surface area (Å²) in [5.74, 6) is -0.224. The second-order valence-corrected chi connectivity index (χ2v) is 4.63. The minimum Gasteiger partial charge on any atom is -0.481 e. The van der Waals surface area contributed by atoms with Crippen LogP contribution in [0, 0.1) is 11.8 Å². The average molecular weight is 237 g/mol. The molecule has 1 rings (SSSR count). The molecule has 0 fully saturated rings. The van der Waals surface area contributed by atoms with Crippen molar-refractivity contribution in [3.63, 3.8) is 0 Å². The van der Waals surface area contributed by atoms with Crippen LogP contribution in [0.1, 0.15) is 26.3 Å². The van der Waals surface area contributed by atoms with Crippen LogP contribution in [0.25, 0.3) is 0 Å². The van der Waals surface area contributed by atoms with Crippen molar-refractivity contribution >= 4 is 11.9 Å². The predicted octanol–water partition coefficient (Wildman–Crippen LogP) is 1.81. The van der Waals surface area contributed by atoms with Gasteiger partial charge in [0, 0.05) is 18.9 Å². The number of aliphatic carboxylic acids is 1. The van der Waals surface area contributed by atoms with Crippen LogP contribution < -0.4 is 5.32 Å². The molecule has 1 atom stereocenters. The number of nitrogens with one attached hydrogen (secondary N) is 1. The highest BCUT2D eigenvalue weighted by atomic mass is 16.4. The predicted molar refractivity (Wildman–Crippen MR) is 65.9 cm³/mol. The highest BCUT2D eigenvalue weighted by Gasteiger charge is 2.10. The Kier molecular flexibility index (Phi) is 4.87.